The Morgan fingerprint density at radius 3 is 2.45 bits per heavy atom. The normalized spacial score (nSPS) is 12.9. The number of pyridine rings is 3. The van der Waals surface area contributed by atoms with Gasteiger partial charge in [-0.2, -0.15) is 0 Å². The minimum Gasteiger partial charge on any atom is -0.454 e. The molecule has 4 heterocycles. The number of carbonyl (C=O) groups excluding carboxylic acids is 2. The van der Waals surface area contributed by atoms with Gasteiger partial charge in [0.25, 0.3) is 11.8 Å². The van der Waals surface area contributed by atoms with E-state index < -0.39 is 23.0 Å². The van der Waals surface area contributed by atoms with Gasteiger partial charge in [-0.1, -0.05) is 0 Å². The molecular formula is C31H23F2N5O4. The summed E-state index contributed by atoms with van der Waals surface area (Å²) in [6, 6.07) is 15.4. The van der Waals surface area contributed by atoms with E-state index in [1.165, 1.54) is 77.8 Å². The fourth-order valence-electron chi connectivity index (χ4n) is 4.78. The molecule has 0 radical (unpaired) electrons. The Morgan fingerprint density at radius 1 is 0.905 bits per heavy atom. The van der Waals surface area contributed by atoms with Crippen molar-refractivity contribution in [1.29, 1.82) is 0 Å². The molecule has 3 aromatic heterocycles. The molecule has 1 N–H and O–H groups in total. The number of aromatic nitrogens is 3. The highest BCUT2D eigenvalue weighted by molar-refractivity contribution is 6.05. The average Bonchev–Trinajstić information content (AvgIpc) is 3.54. The van der Waals surface area contributed by atoms with Crippen LogP contribution in [0.4, 0.5) is 14.5 Å². The number of nitrogens with zero attached hydrogens (tertiary/aromatic N) is 4. The van der Waals surface area contributed by atoms with E-state index in [0.717, 1.165) is 18.9 Å². The second-order valence-electron chi connectivity index (χ2n) is 9.67. The lowest BCUT2D eigenvalue weighted by molar-refractivity contribution is 0.0786. The van der Waals surface area contributed by atoms with Crippen molar-refractivity contribution < 1.29 is 23.1 Å². The zero-order valence-electron chi connectivity index (χ0n) is 22.1. The van der Waals surface area contributed by atoms with Crippen molar-refractivity contribution in [2.45, 2.75) is 12.8 Å². The Kier molecular flexibility index (Phi) is 7.14. The van der Waals surface area contributed by atoms with Gasteiger partial charge in [-0.25, -0.2) is 13.8 Å². The Morgan fingerprint density at radius 2 is 1.69 bits per heavy atom. The number of rotatable bonds is 6. The van der Waals surface area contributed by atoms with E-state index in [4.69, 9.17) is 4.74 Å². The fourth-order valence-corrected chi connectivity index (χ4v) is 4.78. The van der Waals surface area contributed by atoms with Crippen LogP contribution in [0.5, 0.6) is 11.5 Å². The van der Waals surface area contributed by atoms with Crippen molar-refractivity contribution in [3.05, 3.63) is 118 Å². The van der Waals surface area contributed by atoms with Crippen LogP contribution in [0.25, 0.3) is 16.7 Å². The summed E-state index contributed by atoms with van der Waals surface area (Å²) in [6.45, 7) is 1.34. The van der Waals surface area contributed by atoms with Crippen LogP contribution in [0.1, 0.15) is 33.7 Å². The SMILES string of the molecule is O=C(Nc1ccc(Oc2ccnc(C(=O)N3CCCC3)c2)c(F)c1)c1cn(-c2ccc(F)cc2)c2ncccc2c1=O. The molecule has 2 aromatic carbocycles. The topological polar surface area (TPSA) is 106 Å². The highest BCUT2D eigenvalue weighted by atomic mass is 19.1. The van der Waals surface area contributed by atoms with Gasteiger partial charge in [0.05, 0.1) is 5.39 Å². The minimum atomic E-state index is -0.775. The summed E-state index contributed by atoms with van der Waals surface area (Å²) in [7, 11) is 0. The van der Waals surface area contributed by atoms with E-state index in [9.17, 15) is 18.8 Å². The van der Waals surface area contributed by atoms with Gasteiger partial charge in [0, 0.05) is 55.2 Å². The number of halogens is 2. The van der Waals surface area contributed by atoms with Gasteiger partial charge >= 0.3 is 0 Å². The molecule has 0 bridgehead atoms. The van der Waals surface area contributed by atoms with Gasteiger partial charge in [0.1, 0.15) is 28.5 Å². The molecule has 11 heteroatoms. The first-order chi connectivity index (χ1) is 20.4. The van der Waals surface area contributed by atoms with Crippen LogP contribution < -0.4 is 15.5 Å². The van der Waals surface area contributed by atoms with E-state index in [2.05, 4.69) is 15.3 Å². The van der Waals surface area contributed by atoms with Crippen LogP contribution in [0.2, 0.25) is 0 Å². The maximum atomic E-state index is 15.0. The number of ether oxygens (including phenoxy) is 1. The Hall–Kier alpha value is -5.45. The number of hydrogen-bond acceptors (Lipinski definition) is 6. The van der Waals surface area contributed by atoms with Crippen molar-refractivity contribution in [3.63, 3.8) is 0 Å². The predicted octanol–water partition coefficient (Wildman–Crippen LogP) is 5.34. The lowest BCUT2D eigenvalue weighted by Crippen LogP contribution is -2.28. The first kappa shape index (κ1) is 26.8. The van der Waals surface area contributed by atoms with Crippen molar-refractivity contribution >= 4 is 28.5 Å². The lowest BCUT2D eigenvalue weighted by Gasteiger charge is -2.15. The van der Waals surface area contributed by atoms with Crippen molar-refractivity contribution in [2.24, 2.45) is 0 Å². The smallest absolute Gasteiger partial charge is 0.272 e. The molecule has 1 fully saturated rings. The Bertz CT molecular complexity index is 1890. The molecule has 0 spiro atoms. The van der Waals surface area contributed by atoms with Gasteiger partial charge in [0.2, 0.25) is 5.43 Å². The van der Waals surface area contributed by atoms with Gasteiger partial charge in [-0.05, 0) is 67.4 Å². The molecule has 1 saturated heterocycles. The first-order valence-electron chi connectivity index (χ1n) is 13.2. The summed E-state index contributed by atoms with van der Waals surface area (Å²) in [5.74, 6) is -2.09. The van der Waals surface area contributed by atoms with Gasteiger partial charge in [-0.15, -0.1) is 0 Å². The highest BCUT2D eigenvalue weighted by Crippen LogP contribution is 2.28. The molecule has 1 aliphatic heterocycles. The van der Waals surface area contributed by atoms with Crippen LogP contribution in [0.3, 0.4) is 0 Å². The molecule has 0 saturated carbocycles. The van der Waals surface area contributed by atoms with Gasteiger partial charge in [-0.3, -0.25) is 19.4 Å². The van der Waals surface area contributed by atoms with Gasteiger partial charge in [0.15, 0.2) is 11.6 Å². The number of fused-ring (bicyclic) bond motifs is 1. The third kappa shape index (κ3) is 5.31. The predicted molar refractivity (Wildman–Crippen MR) is 151 cm³/mol. The van der Waals surface area contributed by atoms with Crippen molar-refractivity contribution in [1.82, 2.24) is 19.4 Å². The zero-order valence-corrected chi connectivity index (χ0v) is 22.1. The third-order valence-corrected chi connectivity index (χ3v) is 6.87. The number of benzene rings is 2. The molecule has 0 atom stereocenters. The summed E-state index contributed by atoms with van der Waals surface area (Å²) in [5.41, 5.74) is 0.292. The third-order valence-electron chi connectivity index (χ3n) is 6.87. The molecular weight excluding hydrogens is 544 g/mol. The Labute approximate surface area is 238 Å². The second-order valence-corrected chi connectivity index (χ2v) is 9.67. The van der Waals surface area contributed by atoms with E-state index in [1.807, 2.05) is 0 Å². The van der Waals surface area contributed by atoms with E-state index in [-0.39, 0.29) is 39.7 Å². The fraction of sp³-hybridized carbons (Fsp3) is 0.129. The van der Waals surface area contributed by atoms with E-state index in [1.54, 1.807) is 11.0 Å². The monoisotopic (exact) mass is 567 g/mol. The molecule has 6 rings (SSSR count). The number of likely N-dealkylation sites (tertiary alicyclic amines) is 1. The summed E-state index contributed by atoms with van der Waals surface area (Å²) in [5, 5.41) is 2.73. The maximum absolute atomic E-state index is 15.0. The summed E-state index contributed by atoms with van der Waals surface area (Å²) < 4.78 is 35.7. The minimum absolute atomic E-state index is 0.0866. The quantitative estimate of drug-likeness (QED) is 0.297. The van der Waals surface area contributed by atoms with Crippen LogP contribution in [0, 0.1) is 11.6 Å². The Balaban J connectivity index is 1.24. The molecule has 2 amide bonds. The molecule has 210 valence electrons. The number of hydrogen-bond donors (Lipinski definition) is 1. The second kappa shape index (κ2) is 11.2. The van der Waals surface area contributed by atoms with Crippen LogP contribution >= 0.6 is 0 Å². The largest absolute Gasteiger partial charge is 0.454 e. The molecule has 5 aromatic rings. The zero-order chi connectivity index (χ0) is 29.2. The number of anilines is 1. The molecule has 1 aliphatic rings. The highest BCUT2D eigenvalue weighted by Gasteiger charge is 2.22. The summed E-state index contributed by atoms with van der Waals surface area (Å²) in [6.07, 6.45) is 6.13. The van der Waals surface area contributed by atoms with E-state index >= 15 is 4.39 Å². The standard InChI is InChI=1S/C31H23F2N5O4/c32-19-5-8-21(9-6-19)38-18-24(28(39)23-4-3-12-35-29(23)38)30(40)36-20-7-10-27(25(33)16-20)42-22-11-13-34-26(17-22)31(41)37-14-1-2-15-37/h3-13,16-18H,1-2,14-15H2,(H,36,40). The van der Waals surface area contributed by atoms with Crippen molar-refractivity contribution in [3.8, 4) is 17.2 Å². The summed E-state index contributed by atoms with van der Waals surface area (Å²) in [4.78, 5) is 49.1. The molecule has 42 heavy (non-hydrogen) atoms. The molecule has 0 aliphatic carbocycles. The van der Waals surface area contributed by atoms with Gasteiger partial charge < -0.3 is 19.5 Å². The van der Waals surface area contributed by atoms with Crippen molar-refractivity contribution in [2.75, 3.05) is 18.4 Å². The van der Waals surface area contributed by atoms with E-state index in [0.29, 0.717) is 24.4 Å². The van der Waals surface area contributed by atoms with Crippen LogP contribution in [-0.4, -0.2) is 44.3 Å². The molecule has 0 unspecified atom stereocenters. The number of amides is 2. The lowest BCUT2D eigenvalue weighted by atomic mass is 10.1. The number of carbonyl (C=O) groups is 2. The van der Waals surface area contributed by atoms with Crippen LogP contribution in [0.15, 0.2) is 90.1 Å². The first-order valence-corrected chi connectivity index (χ1v) is 13.2. The average molecular weight is 568 g/mol. The molecule has 9 nitrogen and oxygen atoms in total. The van der Waals surface area contributed by atoms with Crippen LogP contribution in [-0.2, 0) is 0 Å². The summed E-state index contributed by atoms with van der Waals surface area (Å²) >= 11 is 0. The maximum Gasteiger partial charge on any atom is 0.272 e. The number of nitrogens with one attached hydrogen (secondary N) is 1.